The van der Waals surface area contributed by atoms with E-state index in [2.05, 4.69) is 42.4 Å². The average Bonchev–Trinajstić information content (AvgIpc) is 3.87. The zero-order valence-corrected chi connectivity index (χ0v) is 30.9. The number of aliphatic imine (C=N–C) groups is 1. The van der Waals surface area contributed by atoms with E-state index in [-0.39, 0.29) is 55.6 Å². The number of benzene rings is 1. The minimum Gasteiger partial charge on any atom is -0.480 e. The van der Waals surface area contributed by atoms with E-state index in [4.69, 9.17) is 5.73 Å². The number of nitrogens with two attached hydrogens (primary N) is 1. The fourth-order valence-corrected chi connectivity index (χ4v) is 6.07. The monoisotopic (exact) mass is 772 g/mol. The highest BCUT2D eigenvalue weighted by Gasteiger charge is 2.38. The Balaban J connectivity index is 1.26. The minimum atomic E-state index is -1.65. The molecule has 20 nitrogen and oxygen atoms in total. The van der Waals surface area contributed by atoms with Crippen LogP contribution in [-0.4, -0.2) is 131 Å². The number of carbonyl (C=O) groups is 7. The van der Waals surface area contributed by atoms with Gasteiger partial charge in [0.1, 0.15) is 18.1 Å². The number of aliphatic carboxylic acids is 1. The zero-order valence-electron chi connectivity index (χ0n) is 30.9. The third kappa shape index (κ3) is 15.2. The molecule has 2 aliphatic rings. The molecule has 5 atom stereocenters. The van der Waals surface area contributed by atoms with Crippen LogP contribution in [-0.2, 0) is 28.8 Å². The van der Waals surface area contributed by atoms with Gasteiger partial charge in [-0.3, -0.25) is 44.6 Å². The van der Waals surface area contributed by atoms with Gasteiger partial charge >= 0.3 is 13.1 Å². The number of carboxylic acids is 1. The molecule has 1 aromatic carbocycles. The second-order valence-corrected chi connectivity index (χ2v) is 13.5. The summed E-state index contributed by atoms with van der Waals surface area (Å²) in [6.45, 7) is 2.31. The fraction of sp³-hybridized carbons (Fsp3) is 0.588. The highest BCUT2D eigenvalue weighted by atomic mass is 16.4. The number of likely N-dealkylation sites (tertiary alicyclic amines) is 1. The Morgan fingerprint density at radius 3 is 2.29 bits per heavy atom. The molecule has 1 aromatic rings. The molecule has 1 saturated heterocycles. The Bertz CT molecular complexity index is 1510. The lowest BCUT2D eigenvalue weighted by Gasteiger charge is -2.27. The lowest BCUT2D eigenvalue weighted by molar-refractivity contribution is -0.142. The number of hydrazine groups is 1. The Morgan fingerprint density at radius 1 is 0.945 bits per heavy atom. The minimum absolute atomic E-state index is 0.113. The summed E-state index contributed by atoms with van der Waals surface area (Å²) >= 11 is 0. The highest BCUT2D eigenvalue weighted by molar-refractivity contribution is 6.43. The van der Waals surface area contributed by atoms with Crippen molar-refractivity contribution in [2.75, 3.05) is 31.6 Å². The molecule has 2 unspecified atom stereocenters. The third-order valence-corrected chi connectivity index (χ3v) is 9.14. The summed E-state index contributed by atoms with van der Waals surface area (Å²) in [6, 6.07) is 2.96. The molecule has 0 aliphatic carbocycles. The summed E-state index contributed by atoms with van der Waals surface area (Å²) in [5.74, 6) is -4.51. The van der Waals surface area contributed by atoms with Gasteiger partial charge in [0.05, 0.1) is 31.1 Å². The first-order chi connectivity index (χ1) is 26.3. The van der Waals surface area contributed by atoms with Gasteiger partial charge in [0, 0.05) is 37.5 Å². The van der Waals surface area contributed by atoms with Gasteiger partial charge in [0.15, 0.2) is 0 Å². The Kier molecular flexibility index (Phi) is 18.3. The molecule has 2 heterocycles. The number of hydrogen-bond donors (Lipinski definition) is 11. The van der Waals surface area contributed by atoms with E-state index in [1.54, 1.807) is 12.1 Å². The van der Waals surface area contributed by atoms with Gasteiger partial charge in [-0.2, -0.15) is 0 Å². The molecule has 6 amide bonds. The standard InChI is InChI=1S/C34H53BN10O10/c1-21(33(51)45-16-6-8-27(45)35(54)55)40-31(49)22-11-13-23(14-12-22)43-44-29(47)10-3-2-9-28(46)38-15-5-4-7-25(34(52)53)42-32(50)26(41-30(48)18-36)17-24-19-37-20-39-24/h11-14,20-21,24-27,43,54-55H,2-10,15-19,36H2,1H3,(H,37,39)(H,38,46)(H,40,49)(H,41,48)(H,42,50)(H,44,47)(H,52,53)/t21-,24?,25+,26?,27+/m1/s1. The second-order valence-electron chi connectivity index (χ2n) is 13.5. The fourth-order valence-electron chi connectivity index (χ4n) is 6.07. The van der Waals surface area contributed by atoms with E-state index in [0.29, 0.717) is 63.8 Å². The van der Waals surface area contributed by atoms with Gasteiger partial charge in [-0.05, 0) is 82.6 Å². The molecule has 1 fully saturated rings. The van der Waals surface area contributed by atoms with Crippen LogP contribution < -0.4 is 43.2 Å². The molecule has 3 rings (SSSR count). The smallest absolute Gasteiger partial charge is 0.475 e. The van der Waals surface area contributed by atoms with Crippen LogP contribution in [0.5, 0.6) is 0 Å². The van der Waals surface area contributed by atoms with Gasteiger partial charge in [0.2, 0.25) is 29.5 Å². The molecule has 0 bridgehead atoms. The molecule has 0 aromatic heterocycles. The Morgan fingerprint density at radius 2 is 1.65 bits per heavy atom. The first-order valence-electron chi connectivity index (χ1n) is 18.4. The van der Waals surface area contributed by atoms with Crippen LogP contribution in [0.2, 0.25) is 0 Å². The number of amides is 6. The van der Waals surface area contributed by atoms with Gasteiger partial charge in [-0.15, -0.1) is 0 Å². The second kappa shape index (κ2) is 22.8. The maximum absolute atomic E-state index is 12.9. The van der Waals surface area contributed by atoms with Crippen molar-refractivity contribution in [2.24, 2.45) is 10.7 Å². The Hall–Kier alpha value is -5.28. The van der Waals surface area contributed by atoms with Gasteiger partial charge < -0.3 is 52.4 Å². The number of nitrogens with zero attached hydrogens (tertiary/aromatic N) is 2. The average molecular weight is 773 g/mol. The molecule has 12 N–H and O–H groups in total. The number of carboxylic acid groups (broad SMARTS) is 1. The van der Waals surface area contributed by atoms with Crippen molar-refractivity contribution < 1.29 is 48.7 Å². The number of nitrogens with one attached hydrogen (secondary N) is 7. The first kappa shape index (κ1) is 44.1. The summed E-state index contributed by atoms with van der Waals surface area (Å²) in [6.07, 6.45) is 5.06. The number of unbranched alkanes of at least 4 members (excludes halogenated alkanes) is 2. The van der Waals surface area contributed by atoms with Crippen molar-refractivity contribution in [1.29, 1.82) is 0 Å². The maximum atomic E-state index is 12.9. The number of hydrogen-bond acceptors (Lipinski definition) is 13. The predicted molar refractivity (Wildman–Crippen MR) is 201 cm³/mol. The molecule has 0 radical (unpaired) electrons. The molecule has 2 aliphatic heterocycles. The Labute approximate surface area is 319 Å². The van der Waals surface area contributed by atoms with E-state index in [1.807, 2.05) is 0 Å². The predicted octanol–water partition coefficient (Wildman–Crippen LogP) is -2.50. The first-order valence-corrected chi connectivity index (χ1v) is 18.4. The summed E-state index contributed by atoms with van der Waals surface area (Å²) in [4.78, 5) is 91.8. The lowest BCUT2D eigenvalue weighted by atomic mass is 9.78. The maximum Gasteiger partial charge on any atom is 0.475 e. The van der Waals surface area contributed by atoms with Gasteiger partial charge in [-0.25, -0.2) is 4.79 Å². The molecule has 302 valence electrons. The van der Waals surface area contributed by atoms with E-state index >= 15 is 0 Å². The highest BCUT2D eigenvalue weighted by Crippen LogP contribution is 2.19. The van der Waals surface area contributed by atoms with Crippen molar-refractivity contribution in [1.82, 2.24) is 36.9 Å². The van der Waals surface area contributed by atoms with Crippen molar-refractivity contribution in [2.45, 2.75) is 101 Å². The normalized spacial score (nSPS) is 17.6. The number of anilines is 1. The van der Waals surface area contributed by atoms with Gasteiger partial charge in [-0.1, -0.05) is 0 Å². The molecular weight excluding hydrogens is 719 g/mol. The number of carbonyl (C=O) groups excluding carboxylic acids is 6. The topological polar surface area (TPSA) is 306 Å². The van der Waals surface area contributed by atoms with Crippen LogP contribution >= 0.6 is 0 Å². The molecule has 0 spiro atoms. The summed E-state index contributed by atoms with van der Waals surface area (Å²) < 4.78 is 0. The largest absolute Gasteiger partial charge is 0.480 e. The van der Waals surface area contributed by atoms with Crippen LogP contribution in [0.15, 0.2) is 29.3 Å². The van der Waals surface area contributed by atoms with E-state index in [9.17, 15) is 48.7 Å². The van der Waals surface area contributed by atoms with E-state index in [0.717, 1.165) is 0 Å². The SMILES string of the molecule is C[C@@H](NC(=O)c1ccc(NNC(=O)CCCCC(=O)NCCCC[C@H](NC(=O)C(CC2CN=CN2)NC(=O)CN)C(=O)O)cc1)C(=O)N1CCC[C@H]1B(O)O. The molecular formula is C34H53BN10O10. The van der Waals surface area contributed by atoms with Gasteiger partial charge in [0.25, 0.3) is 5.91 Å². The zero-order chi connectivity index (χ0) is 40.3. The summed E-state index contributed by atoms with van der Waals surface area (Å²) in [5, 5.41) is 42.0. The van der Waals surface area contributed by atoms with Crippen LogP contribution in [0, 0.1) is 0 Å². The van der Waals surface area contributed by atoms with E-state index in [1.165, 1.54) is 30.3 Å². The van der Waals surface area contributed by atoms with Crippen LogP contribution in [0.1, 0.15) is 81.5 Å². The van der Waals surface area contributed by atoms with Crippen molar-refractivity contribution in [3.8, 4) is 0 Å². The van der Waals surface area contributed by atoms with Crippen molar-refractivity contribution in [3.63, 3.8) is 0 Å². The summed E-state index contributed by atoms with van der Waals surface area (Å²) in [5.41, 5.74) is 11.5. The molecule has 21 heteroatoms. The molecule has 0 saturated carbocycles. The molecule has 55 heavy (non-hydrogen) atoms. The lowest BCUT2D eigenvalue weighted by Crippen LogP contribution is -2.54. The summed E-state index contributed by atoms with van der Waals surface area (Å²) in [7, 11) is -1.65. The quantitative estimate of drug-likeness (QED) is 0.0312. The third-order valence-electron chi connectivity index (χ3n) is 9.14. The van der Waals surface area contributed by atoms with Crippen molar-refractivity contribution in [3.05, 3.63) is 29.8 Å². The van der Waals surface area contributed by atoms with Crippen LogP contribution in [0.3, 0.4) is 0 Å². The van der Waals surface area contributed by atoms with Crippen LogP contribution in [0.25, 0.3) is 0 Å². The van der Waals surface area contributed by atoms with E-state index < -0.39 is 60.8 Å². The van der Waals surface area contributed by atoms with Crippen molar-refractivity contribution >= 4 is 60.6 Å². The number of rotatable bonds is 23. The van der Waals surface area contributed by atoms with Crippen LogP contribution in [0.4, 0.5) is 5.69 Å².